The number of rotatable bonds is 6. The molecule has 3 aromatic carbocycles. The number of carbonyl (C=O) groups excluding carboxylic acids is 1. The summed E-state index contributed by atoms with van der Waals surface area (Å²) in [5.41, 5.74) is 2.68. The minimum Gasteiger partial charge on any atom is -0.322 e. The molecule has 4 aromatic rings. The van der Waals surface area contributed by atoms with Crippen molar-refractivity contribution in [3.63, 3.8) is 0 Å². The molecule has 0 unspecified atom stereocenters. The molecule has 168 valence electrons. The first-order chi connectivity index (χ1) is 15.7. The summed E-state index contributed by atoms with van der Waals surface area (Å²) >= 11 is 0. The molecule has 0 atom stereocenters. The number of carbonyl (C=O) groups is 1. The Kier molecular flexibility index (Phi) is 5.84. The van der Waals surface area contributed by atoms with Crippen molar-refractivity contribution in [3.05, 3.63) is 94.5 Å². The van der Waals surface area contributed by atoms with E-state index in [1.165, 1.54) is 35.6 Å². The highest BCUT2D eigenvalue weighted by molar-refractivity contribution is 7.92. The molecular weight excluding hydrogens is 444 g/mol. The maximum Gasteiger partial charge on any atom is 0.439 e. The molecule has 0 aliphatic rings. The van der Waals surface area contributed by atoms with E-state index >= 15 is 0 Å². The number of hydrogen-bond donors (Lipinski definition) is 2. The minimum atomic E-state index is -3.87. The lowest BCUT2D eigenvalue weighted by Gasteiger charge is -2.20. The van der Waals surface area contributed by atoms with E-state index in [9.17, 15) is 18.0 Å². The molecule has 1 amide bonds. The second-order valence-corrected chi connectivity index (χ2v) is 9.28. The number of amides is 1. The average Bonchev–Trinajstić information content (AvgIpc) is 3.25. The monoisotopic (exact) mass is 464 g/mol. The van der Waals surface area contributed by atoms with Crippen LogP contribution in [0.4, 0.5) is 11.4 Å². The van der Waals surface area contributed by atoms with E-state index in [1.807, 2.05) is 19.1 Å². The average molecular weight is 465 g/mol. The Bertz CT molecular complexity index is 1470. The van der Waals surface area contributed by atoms with Crippen LogP contribution in [-0.2, 0) is 10.0 Å². The minimum absolute atomic E-state index is 0.00727. The van der Waals surface area contributed by atoms with Crippen molar-refractivity contribution in [2.75, 3.05) is 16.7 Å². The second-order valence-electron chi connectivity index (χ2n) is 7.31. The summed E-state index contributed by atoms with van der Waals surface area (Å²) in [5.74, 6) is -0.952. The third kappa shape index (κ3) is 4.70. The fraction of sp³-hybridized carbons (Fsp3) is 0.0870. The molecule has 0 aliphatic heterocycles. The van der Waals surface area contributed by atoms with Gasteiger partial charge in [-0.05, 0) is 49.4 Å². The van der Waals surface area contributed by atoms with Gasteiger partial charge in [-0.3, -0.25) is 18.6 Å². The van der Waals surface area contributed by atoms with E-state index in [1.54, 1.807) is 36.4 Å². The largest absolute Gasteiger partial charge is 0.439 e. The quantitative estimate of drug-likeness (QED) is 0.450. The Morgan fingerprint density at radius 1 is 1.03 bits per heavy atom. The Balaban J connectivity index is 1.57. The van der Waals surface area contributed by atoms with Gasteiger partial charge in [0.1, 0.15) is 0 Å². The number of hydrogen-bond acceptors (Lipinski definition) is 6. The van der Waals surface area contributed by atoms with E-state index in [-0.39, 0.29) is 16.3 Å². The molecule has 10 heteroatoms. The summed E-state index contributed by atoms with van der Waals surface area (Å²) < 4.78 is 31.9. The van der Waals surface area contributed by atoms with Crippen molar-refractivity contribution >= 4 is 27.3 Å². The molecule has 4 rings (SSSR count). The standard InChI is InChI=1S/C23H20N4O5S/c1-15-9-11-19(12-10-15)27(2)33(30,31)20-8-4-6-17(14-20)22(28)24-18-7-3-5-16(13-18)21-25-23(29)32-26-21/h3-14H,1-2H3,(H,24,28)(H,25,26,29). The van der Waals surface area contributed by atoms with E-state index in [2.05, 4.69) is 20.0 Å². The van der Waals surface area contributed by atoms with Crippen LogP contribution in [0.5, 0.6) is 0 Å². The van der Waals surface area contributed by atoms with Gasteiger partial charge in [0.05, 0.1) is 10.6 Å². The highest BCUT2D eigenvalue weighted by Crippen LogP contribution is 2.24. The number of aryl methyl sites for hydroxylation is 1. The molecule has 0 radical (unpaired) electrons. The van der Waals surface area contributed by atoms with Crippen LogP contribution in [-0.4, -0.2) is 31.5 Å². The molecule has 1 aromatic heterocycles. The van der Waals surface area contributed by atoms with Gasteiger partial charge in [0.25, 0.3) is 15.9 Å². The Labute approximate surface area is 189 Å². The molecule has 0 aliphatic carbocycles. The normalized spacial score (nSPS) is 11.2. The van der Waals surface area contributed by atoms with E-state index in [0.29, 0.717) is 16.9 Å². The lowest BCUT2D eigenvalue weighted by atomic mass is 10.1. The Hall–Kier alpha value is -4.18. The van der Waals surface area contributed by atoms with Crippen LogP contribution in [0.25, 0.3) is 11.4 Å². The molecule has 9 nitrogen and oxygen atoms in total. The third-order valence-electron chi connectivity index (χ3n) is 4.99. The molecule has 0 saturated carbocycles. The molecule has 0 bridgehead atoms. The smallest absolute Gasteiger partial charge is 0.322 e. The van der Waals surface area contributed by atoms with Crippen molar-refractivity contribution in [2.45, 2.75) is 11.8 Å². The van der Waals surface area contributed by atoms with Crippen LogP contribution >= 0.6 is 0 Å². The summed E-state index contributed by atoms with van der Waals surface area (Å²) in [7, 11) is -2.41. The summed E-state index contributed by atoms with van der Waals surface area (Å²) in [6.07, 6.45) is 0. The number of nitrogens with one attached hydrogen (secondary N) is 2. The van der Waals surface area contributed by atoms with Crippen molar-refractivity contribution in [1.29, 1.82) is 0 Å². The summed E-state index contributed by atoms with van der Waals surface area (Å²) in [6, 6.07) is 19.5. The van der Waals surface area contributed by atoms with Crippen LogP contribution in [0.15, 0.2) is 87.0 Å². The van der Waals surface area contributed by atoms with Gasteiger partial charge in [0.15, 0.2) is 5.82 Å². The SMILES string of the molecule is Cc1ccc(N(C)S(=O)(=O)c2cccc(C(=O)Nc3cccc(-c4noc(=O)[nH]4)c3)c2)cc1. The van der Waals surface area contributed by atoms with Gasteiger partial charge in [-0.25, -0.2) is 13.2 Å². The Morgan fingerprint density at radius 2 is 1.76 bits per heavy atom. The molecule has 0 spiro atoms. The molecule has 0 saturated heterocycles. The maximum atomic E-state index is 13.1. The van der Waals surface area contributed by atoms with Gasteiger partial charge in [-0.1, -0.05) is 41.1 Å². The zero-order chi connectivity index (χ0) is 23.6. The third-order valence-corrected chi connectivity index (χ3v) is 6.77. The number of nitrogens with zero attached hydrogens (tertiary/aromatic N) is 2. The molecule has 0 fully saturated rings. The predicted molar refractivity (Wildman–Crippen MR) is 124 cm³/mol. The number of anilines is 2. The summed E-state index contributed by atoms with van der Waals surface area (Å²) in [4.78, 5) is 26.4. The second kappa shape index (κ2) is 8.75. The topological polar surface area (TPSA) is 125 Å². The van der Waals surface area contributed by atoms with Crippen molar-refractivity contribution in [1.82, 2.24) is 10.1 Å². The lowest BCUT2D eigenvalue weighted by Crippen LogP contribution is -2.26. The fourth-order valence-corrected chi connectivity index (χ4v) is 4.39. The summed E-state index contributed by atoms with van der Waals surface area (Å²) in [6.45, 7) is 1.92. The molecule has 33 heavy (non-hydrogen) atoms. The van der Waals surface area contributed by atoms with Gasteiger partial charge in [0.2, 0.25) is 0 Å². The number of H-pyrrole nitrogens is 1. The first kappa shape index (κ1) is 22.0. The van der Waals surface area contributed by atoms with Crippen molar-refractivity contribution in [2.24, 2.45) is 0 Å². The first-order valence-electron chi connectivity index (χ1n) is 9.87. The number of benzene rings is 3. The first-order valence-corrected chi connectivity index (χ1v) is 11.3. The highest BCUT2D eigenvalue weighted by atomic mass is 32.2. The molecule has 2 N–H and O–H groups in total. The van der Waals surface area contributed by atoms with E-state index in [4.69, 9.17) is 0 Å². The van der Waals surface area contributed by atoms with E-state index in [0.717, 1.165) is 5.56 Å². The number of sulfonamides is 1. The fourth-order valence-electron chi connectivity index (χ4n) is 3.15. The van der Waals surface area contributed by atoms with E-state index < -0.39 is 21.7 Å². The number of aromatic nitrogens is 2. The van der Waals surface area contributed by atoms with Gasteiger partial charge < -0.3 is 5.32 Å². The van der Waals surface area contributed by atoms with Gasteiger partial charge in [-0.2, -0.15) is 0 Å². The molecule has 1 heterocycles. The zero-order valence-electron chi connectivity index (χ0n) is 17.8. The Morgan fingerprint density at radius 3 is 2.45 bits per heavy atom. The predicted octanol–water partition coefficient (Wildman–Crippen LogP) is 3.42. The highest BCUT2D eigenvalue weighted by Gasteiger charge is 2.22. The van der Waals surface area contributed by atoms with Crippen LogP contribution in [0.3, 0.4) is 0 Å². The van der Waals surface area contributed by atoms with Crippen LogP contribution < -0.4 is 15.4 Å². The van der Waals surface area contributed by atoms with Crippen LogP contribution in [0.2, 0.25) is 0 Å². The van der Waals surface area contributed by atoms with Crippen LogP contribution in [0, 0.1) is 6.92 Å². The van der Waals surface area contributed by atoms with Gasteiger partial charge >= 0.3 is 5.76 Å². The van der Waals surface area contributed by atoms with Gasteiger partial charge in [0, 0.05) is 23.9 Å². The van der Waals surface area contributed by atoms with Crippen molar-refractivity contribution in [3.8, 4) is 11.4 Å². The number of aromatic amines is 1. The summed E-state index contributed by atoms with van der Waals surface area (Å²) in [5, 5.41) is 6.35. The lowest BCUT2D eigenvalue weighted by molar-refractivity contribution is 0.102. The van der Waals surface area contributed by atoms with Crippen LogP contribution in [0.1, 0.15) is 15.9 Å². The maximum absolute atomic E-state index is 13.1. The zero-order valence-corrected chi connectivity index (χ0v) is 18.6. The van der Waals surface area contributed by atoms with Gasteiger partial charge in [-0.15, -0.1) is 0 Å². The van der Waals surface area contributed by atoms with Crippen molar-refractivity contribution < 1.29 is 17.7 Å². The molecular formula is C23H20N4O5S.